The van der Waals surface area contributed by atoms with E-state index in [-0.39, 0.29) is 11.7 Å². The highest BCUT2D eigenvalue weighted by atomic mass is 16.5. The SMILES string of the molecule is O=c1cc(C2CCC2)ncn1CC1CCCO1. The Hall–Kier alpha value is -1.16. The molecular weight excluding hydrogens is 216 g/mol. The van der Waals surface area contributed by atoms with E-state index in [2.05, 4.69) is 4.98 Å². The van der Waals surface area contributed by atoms with Gasteiger partial charge in [0.05, 0.1) is 24.7 Å². The van der Waals surface area contributed by atoms with Crippen LogP contribution >= 0.6 is 0 Å². The van der Waals surface area contributed by atoms with Gasteiger partial charge in [0, 0.05) is 18.6 Å². The second-order valence-corrected chi connectivity index (χ2v) is 5.07. The Morgan fingerprint density at radius 3 is 2.82 bits per heavy atom. The number of nitrogens with zero attached hydrogens (tertiary/aromatic N) is 2. The fourth-order valence-corrected chi connectivity index (χ4v) is 2.51. The molecule has 0 N–H and O–H groups in total. The standard InChI is InChI=1S/C13H18N2O2/c16-13-7-12(10-3-1-4-10)14-9-15(13)8-11-5-2-6-17-11/h7,9-11H,1-6,8H2. The van der Waals surface area contributed by atoms with Crippen molar-refractivity contribution in [3.05, 3.63) is 28.4 Å². The average Bonchev–Trinajstić information content (AvgIpc) is 2.72. The van der Waals surface area contributed by atoms with Gasteiger partial charge in [0.25, 0.3) is 5.56 Å². The molecule has 4 heteroatoms. The van der Waals surface area contributed by atoms with E-state index in [0.29, 0.717) is 12.5 Å². The fourth-order valence-electron chi connectivity index (χ4n) is 2.51. The molecule has 4 nitrogen and oxygen atoms in total. The number of hydrogen-bond donors (Lipinski definition) is 0. The van der Waals surface area contributed by atoms with Crippen LogP contribution in [0.5, 0.6) is 0 Å². The maximum Gasteiger partial charge on any atom is 0.253 e. The summed E-state index contributed by atoms with van der Waals surface area (Å²) in [5, 5.41) is 0. The second-order valence-electron chi connectivity index (χ2n) is 5.07. The van der Waals surface area contributed by atoms with Crippen LogP contribution in [0, 0.1) is 0 Å². The maximum absolute atomic E-state index is 11.9. The number of rotatable bonds is 3. The molecule has 1 aromatic heterocycles. The van der Waals surface area contributed by atoms with Crippen LogP contribution in [-0.2, 0) is 11.3 Å². The first kappa shape index (κ1) is 11.0. The van der Waals surface area contributed by atoms with Gasteiger partial charge in [-0.2, -0.15) is 0 Å². The van der Waals surface area contributed by atoms with Crippen LogP contribution in [0.25, 0.3) is 0 Å². The Morgan fingerprint density at radius 1 is 1.35 bits per heavy atom. The van der Waals surface area contributed by atoms with E-state index in [0.717, 1.165) is 25.1 Å². The molecule has 1 aromatic rings. The van der Waals surface area contributed by atoms with Crippen LogP contribution in [0.2, 0.25) is 0 Å². The summed E-state index contributed by atoms with van der Waals surface area (Å²) in [7, 11) is 0. The number of hydrogen-bond acceptors (Lipinski definition) is 3. The van der Waals surface area contributed by atoms with Crippen molar-refractivity contribution in [1.29, 1.82) is 0 Å². The highest BCUT2D eigenvalue weighted by Crippen LogP contribution is 2.34. The summed E-state index contributed by atoms with van der Waals surface area (Å²) in [6, 6.07) is 1.71. The van der Waals surface area contributed by atoms with E-state index in [4.69, 9.17) is 4.74 Å². The lowest BCUT2D eigenvalue weighted by Crippen LogP contribution is -2.27. The van der Waals surface area contributed by atoms with Crippen LogP contribution in [0.15, 0.2) is 17.2 Å². The zero-order chi connectivity index (χ0) is 11.7. The minimum atomic E-state index is 0.0670. The first-order valence-electron chi connectivity index (χ1n) is 6.51. The lowest BCUT2D eigenvalue weighted by molar-refractivity contribution is 0.0958. The van der Waals surface area contributed by atoms with Gasteiger partial charge in [-0.15, -0.1) is 0 Å². The van der Waals surface area contributed by atoms with Gasteiger partial charge in [-0.25, -0.2) is 4.98 Å². The molecule has 3 rings (SSSR count). The van der Waals surface area contributed by atoms with E-state index in [1.54, 1.807) is 17.0 Å². The largest absolute Gasteiger partial charge is 0.376 e. The molecular formula is C13H18N2O2. The molecule has 0 aromatic carbocycles. The molecule has 92 valence electrons. The smallest absolute Gasteiger partial charge is 0.253 e. The van der Waals surface area contributed by atoms with E-state index < -0.39 is 0 Å². The summed E-state index contributed by atoms with van der Waals surface area (Å²) in [6.45, 7) is 1.48. The third-order valence-electron chi connectivity index (χ3n) is 3.85. The van der Waals surface area contributed by atoms with Gasteiger partial charge >= 0.3 is 0 Å². The monoisotopic (exact) mass is 234 g/mol. The van der Waals surface area contributed by atoms with Crippen LogP contribution in [-0.4, -0.2) is 22.3 Å². The van der Waals surface area contributed by atoms with Gasteiger partial charge in [-0.05, 0) is 25.7 Å². The molecule has 2 heterocycles. The van der Waals surface area contributed by atoms with Gasteiger partial charge in [-0.3, -0.25) is 9.36 Å². The summed E-state index contributed by atoms with van der Waals surface area (Å²) >= 11 is 0. The van der Waals surface area contributed by atoms with Crippen molar-refractivity contribution in [3.63, 3.8) is 0 Å². The summed E-state index contributed by atoms with van der Waals surface area (Å²) in [5.74, 6) is 0.528. The Bertz CT molecular complexity index is 445. The predicted octanol–water partition coefficient (Wildman–Crippen LogP) is 1.69. The zero-order valence-corrected chi connectivity index (χ0v) is 9.97. The summed E-state index contributed by atoms with van der Waals surface area (Å²) in [5.41, 5.74) is 1.04. The van der Waals surface area contributed by atoms with Crippen molar-refractivity contribution in [1.82, 2.24) is 9.55 Å². The third kappa shape index (κ3) is 2.27. The van der Waals surface area contributed by atoms with Crippen LogP contribution in [0.1, 0.15) is 43.7 Å². The lowest BCUT2D eigenvalue weighted by Gasteiger charge is -2.24. The summed E-state index contributed by atoms with van der Waals surface area (Å²) in [4.78, 5) is 16.4. The molecule has 0 amide bonds. The van der Waals surface area contributed by atoms with Crippen molar-refractivity contribution in [2.24, 2.45) is 0 Å². The van der Waals surface area contributed by atoms with Crippen LogP contribution < -0.4 is 5.56 Å². The number of ether oxygens (including phenoxy) is 1. The predicted molar refractivity (Wildman–Crippen MR) is 64.1 cm³/mol. The van der Waals surface area contributed by atoms with Gasteiger partial charge in [-0.1, -0.05) is 6.42 Å². The molecule has 1 aliphatic carbocycles. The highest BCUT2D eigenvalue weighted by molar-refractivity contribution is 5.09. The molecule has 1 unspecified atom stereocenters. The van der Waals surface area contributed by atoms with Gasteiger partial charge < -0.3 is 4.74 Å². The molecule has 17 heavy (non-hydrogen) atoms. The lowest BCUT2D eigenvalue weighted by atomic mass is 9.83. The van der Waals surface area contributed by atoms with Crippen LogP contribution in [0.3, 0.4) is 0 Å². The third-order valence-corrected chi connectivity index (χ3v) is 3.85. The van der Waals surface area contributed by atoms with E-state index in [1.165, 1.54) is 19.3 Å². The first-order chi connectivity index (χ1) is 8.33. The Morgan fingerprint density at radius 2 is 2.24 bits per heavy atom. The van der Waals surface area contributed by atoms with Crippen molar-refractivity contribution >= 4 is 0 Å². The highest BCUT2D eigenvalue weighted by Gasteiger charge is 2.22. The molecule has 0 spiro atoms. The molecule has 0 bridgehead atoms. The van der Waals surface area contributed by atoms with Crippen LogP contribution in [0.4, 0.5) is 0 Å². The van der Waals surface area contributed by atoms with Gasteiger partial charge in [0.2, 0.25) is 0 Å². The molecule has 2 fully saturated rings. The van der Waals surface area contributed by atoms with Crippen molar-refractivity contribution in [3.8, 4) is 0 Å². The molecule has 0 radical (unpaired) electrons. The van der Waals surface area contributed by atoms with Gasteiger partial charge in [0.1, 0.15) is 0 Å². The number of aromatic nitrogens is 2. The van der Waals surface area contributed by atoms with E-state index in [9.17, 15) is 4.79 Å². The van der Waals surface area contributed by atoms with E-state index >= 15 is 0 Å². The maximum atomic E-state index is 11.9. The van der Waals surface area contributed by atoms with Crippen molar-refractivity contribution in [2.45, 2.75) is 50.7 Å². The summed E-state index contributed by atoms with van der Waals surface area (Å²) < 4.78 is 7.21. The molecule has 1 aliphatic heterocycles. The summed E-state index contributed by atoms with van der Waals surface area (Å²) in [6.07, 6.45) is 7.68. The Labute approximate surface area is 101 Å². The zero-order valence-electron chi connectivity index (χ0n) is 9.97. The molecule has 1 atom stereocenters. The minimum absolute atomic E-state index is 0.0670. The molecule has 2 aliphatic rings. The fraction of sp³-hybridized carbons (Fsp3) is 0.692. The average molecular weight is 234 g/mol. The van der Waals surface area contributed by atoms with Gasteiger partial charge in [0.15, 0.2) is 0 Å². The Balaban J connectivity index is 1.74. The normalized spacial score (nSPS) is 24.8. The molecule has 1 saturated heterocycles. The van der Waals surface area contributed by atoms with E-state index in [1.807, 2.05) is 0 Å². The second kappa shape index (κ2) is 4.61. The quantitative estimate of drug-likeness (QED) is 0.799. The first-order valence-corrected chi connectivity index (χ1v) is 6.51. The topological polar surface area (TPSA) is 44.1 Å². The minimum Gasteiger partial charge on any atom is -0.376 e. The Kier molecular flexibility index (Phi) is 2.97. The molecule has 1 saturated carbocycles. The van der Waals surface area contributed by atoms with Crippen molar-refractivity contribution in [2.75, 3.05) is 6.61 Å². The van der Waals surface area contributed by atoms with Crippen molar-refractivity contribution < 1.29 is 4.74 Å².